The molecule has 1 aliphatic heterocycles. The van der Waals surface area contributed by atoms with Gasteiger partial charge in [0.1, 0.15) is 11.5 Å². The maximum Gasteiger partial charge on any atom is 0.311 e. The first-order valence-corrected chi connectivity index (χ1v) is 6.92. The first kappa shape index (κ1) is 13.6. The van der Waals surface area contributed by atoms with Crippen LogP contribution in [-0.2, 0) is 4.79 Å². The van der Waals surface area contributed by atoms with Crippen LogP contribution >= 0.6 is 0 Å². The van der Waals surface area contributed by atoms with Gasteiger partial charge >= 0.3 is 5.97 Å². The first-order valence-electron chi connectivity index (χ1n) is 6.92. The number of rotatable bonds is 2. The second kappa shape index (κ2) is 5.22. The van der Waals surface area contributed by atoms with Gasteiger partial charge in [0.15, 0.2) is 0 Å². The fourth-order valence-corrected chi connectivity index (χ4v) is 2.97. The summed E-state index contributed by atoms with van der Waals surface area (Å²) in [5, 5.41) is 9.72. The molecule has 4 nitrogen and oxygen atoms in total. The summed E-state index contributed by atoms with van der Waals surface area (Å²) in [4.78, 5) is 11.8. The summed E-state index contributed by atoms with van der Waals surface area (Å²) in [6, 6.07) is 13.1. The molecule has 0 spiro atoms. The van der Waals surface area contributed by atoms with Crippen LogP contribution < -0.4 is 10.5 Å². The van der Waals surface area contributed by atoms with E-state index >= 15 is 0 Å². The summed E-state index contributed by atoms with van der Waals surface area (Å²) in [6.45, 7) is 2.19. The van der Waals surface area contributed by atoms with Gasteiger partial charge in [0.2, 0.25) is 0 Å². The molecule has 0 saturated carbocycles. The maximum atomic E-state index is 11.8. The third-order valence-corrected chi connectivity index (χ3v) is 3.96. The van der Waals surface area contributed by atoms with Gasteiger partial charge in [0.05, 0.1) is 5.92 Å². The molecule has 3 N–H and O–H groups in total. The smallest absolute Gasteiger partial charge is 0.311 e. The molecular formula is C17H17NO3. The number of aliphatic carboxylic acids is 1. The summed E-state index contributed by atoms with van der Waals surface area (Å²) in [5.74, 6) is -0.605. The van der Waals surface area contributed by atoms with E-state index in [0.717, 1.165) is 11.1 Å². The number of carboxylic acids is 1. The quantitative estimate of drug-likeness (QED) is 0.888. The van der Waals surface area contributed by atoms with Crippen LogP contribution in [0.4, 0.5) is 0 Å². The van der Waals surface area contributed by atoms with E-state index in [1.165, 1.54) is 0 Å². The molecule has 2 aromatic rings. The molecule has 21 heavy (non-hydrogen) atoms. The van der Waals surface area contributed by atoms with Crippen LogP contribution in [0, 0.1) is 6.92 Å². The largest absolute Gasteiger partial charge is 0.481 e. The molecule has 108 valence electrons. The molecule has 3 rings (SSSR count). The predicted octanol–water partition coefficient (Wildman–Crippen LogP) is 3.01. The van der Waals surface area contributed by atoms with E-state index in [1.54, 1.807) is 0 Å². The van der Waals surface area contributed by atoms with Gasteiger partial charge in [-0.1, -0.05) is 35.9 Å². The highest BCUT2D eigenvalue weighted by Gasteiger charge is 2.36. The Morgan fingerprint density at radius 2 is 1.90 bits per heavy atom. The van der Waals surface area contributed by atoms with Crippen molar-refractivity contribution in [2.24, 2.45) is 5.73 Å². The molecule has 0 radical (unpaired) electrons. The zero-order chi connectivity index (χ0) is 15.0. The average molecular weight is 283 g/mol. The summed E-state index contributed by atoms with van der Waals surface area (Å²) in [5.41, 5.74) is 8.43. The second-order valence-electron chi connectivity index (χ2n) is 5.34. The van der Waals surface area contributed by atoms with Gasteiger partial charge in [-0.3, -0.25) is 4.79 Å². The Hall–Kier alpha value is -2.33. The van der Waals surface area contributed by atoms with Gasteiger partial charge in [-0.2, -0.15) is 0 Å². The zero-order valence-electron chi connectivity index (χ0n) is 11.7. The molecule has 0 fully saturated rings. The van der Waals surface area contributed by atoms with Crippen molar-refractivity contribution < 1.29 is 14.6 Å². The van der Waals surface area contributed by atoms with Crippen LogP contribution in [0.5, 0.6) is 11.5 Å². The Morgan fingerprint density at radius 3 is 2.62 bits per heavy atom. The van der Waals surface area contributed by atoms with Gasteiger partial charge < -0.3 is 15.6 Å². The Kier molecular flexibility index (Phi) is 3.39. The Labute approximate surface area is 123 Å². The molecule has 2 atom stereocenters. The molecular weight excluding hydrogens is 266 g/mol. The fourth-order valence-electron chi connectivity index (χ4n) is 2.97. The van der Waals surface area contributed by atoms with E-state index in [4.69, 9.17) is 10.5 Å². The summed E-state index contributed by atoms with van der Waals surface area (Å²) in [7, 11) is 0. The van der Waals surface area contributed by atoms with Gasteiger partial charge in [-0.25, -0.2) is 0 Å². The van der Waals surface area contributed by atoms with Crippen molar-refractivity contribution in [3.63, 3.8) is 0 Å². The van der Waals surface area contributed by atoms with Crippen LogP contribution in [0.3, 0.4) is 0 Å². The normalized spacial score (nSPS) is 19.9. The van der Waals surface area contributed by atoms with Crippen molar-refractivity contribution in [2.45, 2.75) is 18.8 Å². The van der Waals surface area contributed by atoms with Crippen LogP contribution in [0.2, 0.25) is 0 Å². The van der Waals surface area contributed by atoms with Crippen molar-refractivity contribution >= 4 is 5.97 Å². The molecule has 0 bridgehead atoms. The lowest BCUT2D eigenvalue weighted by molar-refractivity contribution is -0.139. The van der Waals surface area contributed by atoms with Gasteiger partial charge in [-0.05, 0) is 19.1 Å². The van der Waals surface area contributed by atoms with Crippen LogP contribution in [0.25, 0.3) is 0 Å². The number of ether oxygens (including phenoxy) is 1. The first-order chi connectivity index (χ1) is 10.1. The summed E-state index contributed by atoms with van der Waals surface area (Å²) >= 11 is 0. The number of hydrogen-bond acceptors (Lipinski definition) is 3. The maximum absolute atomic E-state index is 11.8. The van der Waals surface area contributed by atoms with Gasteiger partial charge in [0, 0.05) is 23.6 Å². The SMILES string of the molecule is Cc1ccc2c(c1)[C@@H](C(=O)O)[C@H](CN)c1ccccc1O2. The molecule has 4 heteroatoms. The van der Waals surface area contributed by atoms with E-state index in [-0.39, 0.29) is 12.5 Å². The Balaban J connectivity index is 2.27. The van der Waals surface area contributed by atoms with E-state index in [2.05, 4.69) is 0 Å². The minimum absolute atomic E-state index is 0.255. The molecule has 2 aromatic carbocycles. The van der Waals surface area contributed by atoms with E-state index in [0.29, 0.717) is 17.1 Å². The minimum Gasteiger partial charge on any atom is -0.481 e. The topological polar surface area (TPSA) is 72.5 Å². The molecule has 0 aromatic heterocycles. The van der Waals surface area contributed by atoms with Crippen LogP contribution in [0.1, 0.15) is 28.5 Å². The van der Waals surface area contributed by atoms with E-state index < -0.39 is 11.9 Å². The van der Waals surface area contributed by atoms with Crippen molar-refractivity contribution in [3.8, 4) is 11.5 Å². The molecule has 0 saturated heterocycles. The Bertz CT molecular complexity index is 696. The van der Waals surface area contributed by atoms with Crippen molar-refractivity contribution in [1.29, 1.82) is 0 Å². The number of hydrogen-bond donors (Lipinski definition) is 2. The highest BCUT2D eigenvalue weighted by Crippen LogP contribution is 2.46. The number of nitrogens with two attached hydrogens (primary N) is 1. The highest BCUT2D eigenvalue weighted by molar-refractivity contribution is 5.80. The standard InChI is InChI=1S/C17H17NO3/c1-10-6-7-15-12(8-10)16(17(19)20)13(9-18)11-4-2-3-5-14(11)21-15/h2-8,13,16H,9,18H2,1H3,(H,19,20)/t13-,16-/m1/s1. The van der Waals surface area contributed by atoms with E-state index in [1.807, 2.05) is 49.4 Å². The number of fused-ring (bicyclic) bond motifs is 2. The number of para-hydroxylation sites is 1. The monoisotopic (exact) mass is 283 g/mol. The van der Waals surface area contributed by atoms with Gasteiger partial charge in [0.25, 0.3) is 0 Å². The molecule has 0 amide bonds. The number of carbonyl (C=O) groups is 1. The predicted molar refractivity (Wildman–Crippen MR) is 79.9 cm³/mol. The molecule has 1 heterocycles. The minimum atomic E-state index is -0.877. The lowest BCUT2D eigenvalue weighted by Crippen LogP contribution is -2.25. The fraction of sp³-hybridized carbons (Fsp3) is 0.235. The van der Waals surface area contributed by atoms with Crippen molar-refractivity contribution in [2.75, 3.05) is 6.54 Å². The van der Waals surface area contributed by atoms with Crippen molar-refractivity contribution in [3.05, 3.63) is 59.2 Å². The van der Waals surface area contributed by atoms with Crippen molar-refractivity contribution in [1.82, 2.24) is 0 Å². The zero-order valence-corrected chi connectivity index (χ0v) is 11.7. The molecule has 1 aliphatic rings. The summed E-state index contributed by atoms with van der Waals surface area (Å²) in [6.07, 6.45) is 0. The van der Waals surface area contributed by atoms with Crippen LogP contribution in [-0.4, -0.2) is 17.6 Å². The molecule has 0 unspecified atom stereocenters. The van der Waals surface area contributed by atoms with Gasteiger partial charge in [-0.15, -0.1) is 0 Å². The number of carboxylic acid groups (broad SMARTS) is 1. The second-order valence-corrected chi connectivity index (χ2v) is 5.34. The summed E-state index contributed by atoms with van der Waals surface area (Å²) < 4.78 is 5.95. The number of aryl methyl sites for hydroxylation is 1. The number of benzene rings is 2. The third-order valence-electron chi connectivity index (χ3n) is 3.96. The van der Waals surface area contributed by atoms with E-state index in [9.17, 15) is 9.90 Å². The lowest BCUT2D eigenvalue weighted by atomic mass is 9.81. The third kappa shape index (κ3) is 2.28. The highest BCUT2D eigenvalue weighted by atomic mass is 16.5. The van der Waals surface area contributed by atoms with Crippen LogP contribution in [0.15, 0.2) is 42.5 Å². The Morgan fingerprint density at radius 1 is 1.19 bits per heavy atom. The average Bonchev–Trinajstić information content (AvgIpc) is 2.60. The molecule has 0 aliphatic carbocycles. The lowest BCUT2D eigenvalue weighted by Gasteiger charge is -2.21.